The number of aromatic amines is 1. The summed E-state index contributed by atoms with van der Waals surface area (Å²) in [6.07, 6.45) is 3.89. The number of carbonyl (C=O) groups is 1. The minimum absolute atomic E-state index is 0. The quantitative estimate of drug-likeness (QED) is 0.545. The summed E-state index contributed by atoms with van der Waals surface area (Å²) in [6.45, 7) is 2.07. The average molecular weight is 345 g/mol. The van der Waals surface area contributed by atoms with Gasteiger partial charge < -0.3 is 10.3 Å². The van der Waals surface area contributed by atoms with Gasteiger partial charge >= 0.3 is 0 Å². The van der Waals surface area contributed by atoms with Crippen molar-refractivity contribution in [3.8, 4) is 22.3 Å². The van der Waals surface area contributed by atoms with Crippen molar-refractivity contribution >= 4 is 16.9 Å². The van der Waals surface area contributed by atoms with E-state index in [0.29, 0.717) is 6.54 Å². The van der Waals surface area contributed by atoms with E-state index in [4.69, 9.17) is 0 Å². The maximum absolute atomic E-state index is 11.0. The molecule has 0 aliphatic rings. The van der Waals surface area contributed by atoms with Crippen molar-refractivity contribution in [2.24, 2.45) is 0 Å². The van der Waals surface area contributed by atoms with Crippen LogP contribution in [0.15, 0.2) is 73.1 Å². The minimum Gasteiger partial charge on any atom is -0.352 e. The third-order valence-corrected chi connectivity index (χ3v) is 4.44. The summed E-state index contributed by atoms with van der Waals surface area (Å²) < 4.78 is 0. The number of aromatic nitrogens is 2. The standard InChI is InChI=1S/C22H19N3O.2H2/c1-15(26)23-12-16-7-9-18(10-8-16)21-14-25-22-20(21)11-19(13-24-22)17-5-3-2-4-6-17;;/h2-11,13-14H,12H2,1H3,(H,23,26)(H,24,25);2*1H. The Hall–Kier alpha value is -3.40. The van der Waals surface area contributed by atoms with Gasteiger partial charge in [0.1, 0.15) is 5.65 Å². The van der Waals surface area contributed by atoms with Gasteiger partial charge in [-0.25, -0.2) is 4.98 Å². The van der Waals surface area contributed by atoms with Crippen molar-refractivity contribution in [2.45, 2.75) is 13.5 Å². The van der Waals surface area contributed by atoms with Gasteiger partial charge in [0, 0.05) is 45.2 Å². The molecule has 2 N–H and O–H groups in total. The molecule has 4 aromatic rings. The molecule has 4 rings (SSSR count). The summed E-state index contributed by atoms with van der Waals surface area (Å²) in [7, 11) is 0. The number of hydrogen-bond donors (Lipinski definition) is 2. The topological polar surface area (TPSA) is 57.8 Å². The van der Waals surface area contributed by atoms with Crippen molar-refractivity contribution in [1.82, 2.24) is 15.3 Å². The number of hydrogen-bond acceptors (Lipinski definition) is 2. The number of H-pyrrole nitrogens is 1. The lowest BCUT2D eigenvalue weighted by atomic mass is 10.0. The van der Waals surface area contributed by atoms with Gasteiger partial charge in [-0.15, -0.1) is 0 Å². The molecule has 0 saturated heterocycles. The molecule has 2 aromatic carbocycles. The number of benzene rings is 2. The lowest BCUT2D eigenvalue weighted by Gasteiger charge is -2.05. The molecule has 2 aromatic heterocycles. The highest BCUT2D eigenvalue weighted by atomic mass is 16.1. The molecule has 0 spiro atoms. The van der Waals surface area contributed by atoms with Crippen molar-refractivity contribution in [2.75, 3.05) is 0 Å². The van der Waals surface area contributed by atoms with Gasteiger partial charge in [0.05, 0.1) is 0 Å². The van der Waals surface area contributed by atoms with Crippen LogP contribution in [0, 0.1) is 0 Å². The van der Waals surface area contributed by atoms with E-state index in [2.05, 4.69) is 45.6 Å². The first-order chi connectivity index (χ1) is 12.7. The van der Waals surface area contributed by atoms with Gasteiger partial charge in [-0.2, -0.15) is 0 Å². The fourth-order valence-electron chi connectivity index (χ4n) is 3.06. The second-order valence-electron chi connectivity index (χ2n) is 6.30. The number of fused-ring (bicyclic) bond motifs is 1. The molecule has 0 bridgehead atoms. The van der Waals surface area contributed by atoms with Gasteiger partial charge in [-0.1, -0.05) is 54.6 Å². The molecule has 132 valence electrons. The zero-order valence-corrected chi connectivity index (χ0v) is 14.5. The Bertz CT molecular complexity index is 1060. The first kappa shape index (κ1) is 16.1. The molecule has 0 fully saturated rings. The van der Waals surface area contributed by atoms with Crippen molar-refractivity contribution < 1.29 is 7.65 Å². The van der Waals surface area contributed by atoms with Gasteiger partial charge in [0.25, 0.3) is 0 Å². The Morgan fingerprint density at radius 2 is 1.81 bits per heavy atom. The Labute approximate surface area is 154 Å². The van der Waals surface area contributed by atoms with Crippen LogP contribution in [0.3, 0.4) is 0 Å². The van der Waals surface area contributed by atoms with Gasteiger partial charge in [-0.05, 0) is 22.8 Å². The molecular weight excluding hydrogens is 322 g/mol. The molecule has 0 saturated carbocycles. The van der Waals surface area contributed by atoms with E-state index < -0.39 is 0 Å². The van der Waals surface area contributed by atoms with Crippen LogP contribution in [0.2, 0.25) is 0 Å². The maximum atomic E-state index is 11.0. The number of carbonyl (C=O) groups excluding carboxylic acids is 1. The fraction of sp³-hybridized carbons (Fsp3) is 0.0909. The molecule has 0 unspecified atom stereocenters. The van der Waals surface area contributed by atoms with E-state index in [9.17, 15) is 4.79 Å². The summed E-state index contributed by atoms with van der Waals surface area (Å²) in [5, 5.41) is 3.91. The lowest BCUT2D eigenvalue weighted by molar-refractivity contribution is -0.119. The molecule has 1 amide bonds. The van der Waals surface area contributed by atoms with Crippen molar-refractivity contribution in [3.05, 3.63) is 78.6 Å². The highest BCUT2D eigenvalue weighted by Crippen LogP contribution is 2.31. The molecule has 4 nitrogen and oxygen atoms in total. The van der Waals surface area contributed by atoms with Crippen LogP contribution in [0.1, 0.15) is 15.3 Å². The fourth-order valence-corrected chi connectivity index (χ4v) is 3.06. The number of nitrogens with one attached hydrogen (secondary N) is 2. The highest BCUT2D eigenvalue weighted by molar-refractivity contribution is 5.95. The zero-order chi connectivity index (χ0) is 17.9. The smallest absolute Gasteiger partial charge is 0.217 e. The Morgan fingerprint density at radius 1 is 1.04 bits per heavy atom. The Kier molecular flexibility index (Phi) is 4.23. The van der Waals surface area contributed by atoms with Crippen LogP contribution in [-0.2, 0) is 11.3 Å². The molecule has 0 aliphatic heterocycles. The van der Waals surface area contributed by atoms with Crippen LogP contribution in [0.25, 0.3) is 33.3 Å². The lowest BCUT2D eigenvalue weighted by Crippen LogP contribution is -2.18. The Morgan fingerprint density at radius 3 is 2.54 bits per heavy atom. The van der Waals surface area contributed by atoms with E-state index in [1.54, 1.807) is 0 Å². The predicted octanol–water partition coefficient (Wildman–Crippen LogP) is 5.03. The number of nitrogens with zero attached hydrogens (tertiary/aromatic N) is 1. The van der Waals surface area contributed by atoms with E-state index >= 15 is 0 Å². The van der Waals surface area contributed by atoms with E-state index in [1.165, 1.54) is 6.92 Å². The van der Waals surface area contributed by atoms with Crippen LogP contribution in [0.4, 0.5) is 0 Å². The van der Waals surface area contributed by atoms with Gasteiger partial charge in [0.15, 0.2) is 0 Å². The molecule has 0 radical (unpaired) electrons. The third-order valence-electron chi connectivity index (χ3n) is 4.44. The molecule has 2 heterocycles. The first-order valence-electron chi connectivity index (χ1n) is 8.57. The summed E-state index contributed by atoms with van der Waals surface area (Å²) >= 11 is 0. The van der Waals surface area contributed by atoms with Crippen LogP contribution in [-0.4, -0.2) is 15.9 Å². The zero-order valence-electron chi connectivity index (χ0n) is 14.5. The summed E-state index contributed by atoms with van der Waals surface area (Å²) in [4.78, 5) is 18.9. The molecule has 0 atom stereocenters. The SMILES string of the molecule is CC(=O)NCc1ccc(-c2c[nH]c3ncc(-c4ccccc4)cc23)cc1.[HH].[HH]. The first-order valence-corrected chi connectivity index (χ1v) is 8.57. The molecule has 0 aliphatic carbocycles. The second kappa shape index (κ2) is 6.84. The monoisotopic (exact) mass is 345 g/mol. The van der Waals surface area contributed by atoms with Gasteiger partial charge in [0.2, 0.25) is 5.91 Å². The normalized spacial score (nSPS) is 10.8. The summed E-state index contributed by atoms with van der Waals surface area (Å²) in [5.74, 6) is -0.0229. The number of rotatable bonds is 4. The Balaban J connectivity index is 0.00000140. The molecule has 4 heteroatoms. The average Bonchev–Trinajstić information content (AvgIpc) is 3.10. The van der Waals surface area contributed by atoms with Gasteiger partial charge in [-0.3, -0.25) is 4.79 Å². The van der Waals surface area contributed by atoms with E-state index in [-0.39, 0.29) is 8.76 Å². The number of pyridine rings is 1. The van der Waals surface area contributed by atoms with Crippen LogP contribution >= 0.6 is 0 Å². The molecule has 26 heavy (non-hydrogen) atoms. The maximum Gasteiger partial charge on any atom is 0.217 e. The van der Waals surface area contributed by atoms with Crippen LogP contribution < -0.4 is 5.32 Å². The summed E-state index contributed by atoms with van der Waals surface area (Å²) in [5.41, 5.74) is 6.45. The highest BCUT2D eigenvalue weighted by Gasteiger charge is 2.09. The van der Waals surface area contributed by atoms with E-state index in [1.807, 2.05) is 42.7 Å². The summed E-state index contributed by atoms with van der Waals surface area (Å²) in [6, 6.07) is 20.7. The van der Waals surface area contributed by atoms with Crippen LogP contribution in [0.5, 0.6) is 0 Å². The minimum atomic E-state index is -0.0229. The van der Waals surface area contributed by atoms with Crippen molar-refractivity contribution in [1.29, 1.82) is 0 Å². The van der Waals surface area contributed by atoms with Crippen molar-refractivity contribution in [3.63, 3.8) is 0 Å². The van der Waals surface area contributed by atoms with E-state index in [0.717, 1.165) is 38.9 Å². The largest absolute Gasteiger partial charge is 0.352 e. The second-order valence-corrected chi connectivity index (χ2v) is 6.30. The predicted molar refractivity (Wildman–Crippen MR) is 109 cm³/mol. The number of amides is 1. The third kappa shape index (κ3) is 3.22. The molecular formula is C22H23N3O.